The number of hydrogen-bond acceptors (Lipinski definition) is 6. The van der Waals surface area contributed by atoms with Gasteiger partial charge in [-0.3, -0.25) is 4.18 Å². The lowest BCUT2D eigenvalue weighted by Gasteiger charge is -2.20. The van der Waals surface area contributed by atoms with E-state index in [2.05, 4.69) is 5.32 Å². The molecule has 0 saturated heterocycles. The van der Waals surface area contributed by atoms with Crippen molar-refractivity contribution in [3.05, 3.63) is 24.3 Å². The van der Waals surface area contributed by atoms with E-state index >= 15 is 0 Å². The molecule has 0 fully saturated rings. The normalized spacial score (nSPS) is 12.7. The number of benzene rings is 1. The number of rotatable bonds is 5. The Morgan fingerprint density at radius 3 is 2.22 bits per heavy atom. The first-order valence-electron chi connectivity index (χ1n) is 6.72. The maximum absolute atomic E-state index is 12.3. The van der Waals surface area contributed by atoms with Gasteiger partial charge in [-0.05, 0) is 39.8 Å². The molecule has 1 aromatic carbocycles. The van der Waals surface area contributed by atoms with Gasteiger partial charge in [0.15, 0.2) is 0 Å². The van der Waals surface area contributed by atoms with E-state index in [9.17, 15) is 21.6 Å². The van der Waals surface area contributed by atoms with Crippen LogP contribution in [-0.2, 0) is 24.3 Å². The molecule has 1 rings (SSSR count). The van der Waals surface area contributed by atoms with Gasteiger partial charge in [-0.1, -0.05) is 12.1 Å². The fourth-order valence-corrected chi connectivity index (χ4v) is 3.38. The molecule has 0 aliphatic rings. The van der Waals surface area contributed by atoms with Gasteiger partial charge in [0.05, 0.1) is 17.0 Å². The number of urea groups is 1. The van der Waals surface area contributed by atoms with E-state index in [-0.39, 0.29) is 16.3 Å². The summed E-state index contributed by atoms with van der Waals surface area (Å²) in [6, 6.07) is 4.50. The average molecular weight is 364 g/mol. The van der Waals surface area contributed by atoms with E-state index < -0.39 is 31.8 Å². The van der Waals surface area contributed by atoms with Crippen LogP contribution < -0.4 is 10.0 Å². The second kappa shape index (κ2) is 6.85. The quantitative estimate of drug-likeness (QED) is 0.767. The lowest BCUT2D eigenvalue weighted by Crippen LogP contribution is -2.35. The summed E-state index contributed by atoms with van der Waals surface area (Å²) < 4.78 is 54.1. The number of carbonyl (C=O) groups excluding carboxylic acids is 1. The monoisotopic (exact) mass is 364 g/mol. The molecule has 23 heavy (non-hydrogen) atoms. The van der Waals surface area contributed by atoms with Crippen molar-refractivity contribution >= 4 is 31.9 Å². The number of amides is 2. The summed E-state index contributed by atoms with van der Waals surface area (Å²) in [7, 11) is -7.89. The Morgan fingerprint density at radius 1 is 1.13 bits per heavy atom. The molecule has 8 nitrogen and oxygen atoms in total. The molecule has 0 spiro atoms. The molecule has 0 radical (unpaired) electrons. The molecule has 0 aliphatic heterocycles. The zero-order valence-electron chi connectivity index (χ0n) is 13.3. The summed E-state index contributed by atoms with van der Waals surface area (Å²) in [5, 5.41) is 2.20. The van der Waals surface area contributed by atoms with Crippen LogP contribution >= 0.6 is 0 Å². The van der Waals surface area contributed by atoms with Crippen molar-refractivity contribution in [2.24, 2.45) is 0 Å². The fourth-order valence-electron chi connectivity index (χ4n) is 1.52. The van der Waals surface area contributed by atoms with Gasteiger partial charge in [0, 0.05) is 0 Å². The number of carbonyl (C=O) groups is 1. The lowest BCUT2D eigenvalue weighted by atomic mass is 10.2. The number of para-hydroxylation sites is 1. The van der Waals surface area contributed by atoms with Crippen LogP contribution in [0.3, 0.4) is 0 Å². The summed E-state index contributed by atoms with van der Waals surface area (Å²) in [5.74, 6) is -0.284. The second-order valence-corrected chi connectivity index (χ2v) is 9.13. The SMILES string of the molecule is CCS(=O)(=O)NC(=O)Nc1ccccc1S(=O)(=O)OC(C)(C)C. The van der Waals surface area contributed by atoms with Crippen molar-refractivity contribution in [1.29, 1.82) is 0 Å². The van der Waals surface area contributed by atoms with Crippen LogP contribution in [-0.4, -0.2) is 34.2 Å². The maximum atomic E-state index is 12.3. The highest BCUT2D eigenvalue weighted by atomic mass is 32.2. The molecule has 130 valence electrons. The molecule has 1 aromatic rings. The third kappa shape index (κ3) is 6.16. The third-order valence-electron chi connectivity index (χ3n) is 2.39. The number of nitrogens with one attached hydrogen (secondary N) is 2. The van der Waals surface area contributed by atoms with Crippen molar-refractivity contribution in [2.75, 3.05) is 11.1 Å². The Kier molecular flexibility index (Phi) is 5.78. The molecule has 2 amide bonds. The highest BCUT2D eigenvalue weighted by molar-refractivity contribution is 7.90. The van der Waals surface area contributed by atoms with Gasteiger partial charge >= 0.3 is 6.03 Å². The summed E-state index contributed by atoms with van der Waals surface area (Å²) in [5.41, 5.74) is -1.04. The van der Waals surface area contributed by atoms with Crippen molar-refractivity contribution in [3.63, 3.8) is 0 Å². The van der Waals surface area contributed by atoms with Gasteiger partial charge in [-0.25, -0.2) is 17.9 Å². The highest BCUT2D eigenvalue weighted by Gasteiger charge is 2.27. The standard InChI is InChI=1S/C13H20N2O6S2/c1-5-22(17,18)15-12(16)14-10-8-6-7-9-11(10)23(19,20)21-13(2,3)4/h6-9H,5H2,1-4H3,(H2,14,15,16). The van der Waals surface area contributed by atoms with Crippen molar-refractivity contribution in [3.8, 4) is 0 Å². The van der Waals surface area contributed by atoms with Crippen LogP contribution in [0.2, 0.25) is 0 Å². The molecule has 0 unspecified atom stereocenters. The van der Waals surface area contributed by atoms with Gasteiger partial charge in [0.1, 0.15) is 4.90 Å². The molecule has 10 heteroatoms. The van der Waals surface area contributed by atoms with Crippen LogP contribution in [0.25, 0.3) is 0 Å². The van der Waals surface area contributed by atoms with E-state index in [0.717, 1.165) is 0 Å². The van der Waals surface area contributed by atoms with E-state index in [4.69, 9.17) is 4.18 Å². The van der Waals surface area contributed by atoms with Crippen LogP contribution in [0.4, 0.5) is 10.5 Å². The van der Waals surface area contributed by atoms with E-state index in [1.807, 2.05) is 0 Å². The predicted molar refractivity (Wildman–Crippen MR) is 86.1 cm³/mol. The number of hydrogen-bond donors (Lipinski definition) is 2. The molecule has 0 heterocycles. The molecule has 0 saturated carbocycles. The largest absolute Gasteiger partial charge is 0.332 e. The first kappa shape index (κ1) is 19.4. The van der Waals surface area contributed by atoms with Gasteiger partial charge in [-0.2, -0.15) is 8.42 Å². The Balaban J connectivity index is 3.10. The smallest absolute Gasteiger partial charge is 0.306 e. The minimum atomic E-state index is -4.14. The van der Waals surface area contributed by atoms with E-state index in [0.29, 0.717) is 0 Å². The number of anilines is 1. The molecular formula is C13H20N2O6S2. The van der Waals surface area contributed by atoms with Crippen molar-refractivity contribution < 1.29 is 25.8 Å². The van der Waals surface area contributed by atoms with E-state index in [1.165, 1.54) is 31.2 Å². The Bertz CT molecular complexity index is 779. The minimum Gasteiger partial charge on any atom is -0.306 e. The Labute approximate surface area is 136 Å². The van der Waals surface area contributed by atoms with Gasteiger partial charge in [0.2, 0.25) is 10.0 Å². The summed E-state index contributed by atoms with van der Waals surface area (Å²) in [6.07, 6.45) is 0. The first-order chi connectivity index (χ1) is 10.4. The number of sulfonamides is 1. The summed E-state index contributed by atoms with van der Waals surface area (Å²) in [6.45, 7) is 6.08. The predicted octanol–water partition coefficient (Wildman–Crippen LogP) is 1.66. The van der Waals surface area contributed by atoms with Crippen LogP contribution in [0.15, 0.2) is 29.2 Å². The highest BCUT2D eigenvalue weighted by Crippen LogP contribution is 2.26. The van der Waals surface area contributed by atoms with Crippen LogP contribution in [0.1, 0.15) is 27.7 Å². The van der Waals surface area contributed by atoms with Crippen molar-refractivity contribution in [2.45, 2.75) is 38.2 Å². The van der Waals surface area contributed by atoms with Crippen LogP contribution in [0, 0.1) is 0 Å². The van der Waals surface area contributed by atoms with Crippen LogP contribution in [0.5, 0.6) is 0 Å². The zero-order chi connectivity index (χ0) is 17.9. The molecule has 2 N–H and O–H groups in total. The summed E-state index contributed by atoms with van der Waals surface area (Å²) in [4.78, 5) is 11.4. The topological polar surface area (TPSA) is 119 Å². The molecule has 0 atom stereocenters. The second-order valence-electron chi connectivity index (χ2n) is 5.61. The average Bonchev–Trinajstić information content (AvgIpc) is 2.35. The van der Waals surface area contributed by atoms with Gasteiger partial charge in [0.25, 0.3) is 10.1 Å². The summed E-state index contributed by atoms with van der Waals surface area (Å²) >= 11 is 0. The fraction of sp³-hybridized carbons (Fsp3) is 0.462. The van der Waals surface area contributed by atoms with E-state index in [1.54, 1.807) is 25.5 Å². The van der Waals surface area contributed by atoms with Gasteiger partial charge in [-0.15, -0.1) is 0 Å². The van der Waals surface area contributed by atoms with Gasteiger partial charge < -0.3 is 5.32 Å². The molecule has 0 bridgehead atoms. The maximum Gasteiger partial charge on any atom is 0.332 e. The zero-order valence-corrected chi connectivity index (χ0v) is 14.9. The molecular weight excluding hydrogens is 344 g/mol. The minimum absolute atomic E-state index is 0.0828. The third-order valence-corrected chi connectivity index (χ3v) is 5.26. The Morgan fingerprint density at radius 2 is 1.70 bits per heavy atom. The molecule has 0 aliphatic carbocycles. The first-order valence-corrected chi connectivity index (χ1v) is 9.78. The molecule has 0 aromatic heterocycles. The lowest BCUT2D eigenvalue weighted by molar-refractivity contribution is 0.140. The van der Waals surface area contributed by atoms with Crippen molar-refractivity contribution in [1.82, 2.24) is 4.72 Å². The Hall–Kier alpha value is -1.65.